The number of nitrogens with zero attached hydrogens (tertiary/aromatic N) is 1. The van der Waals surface area contributed by atoms with Crippen LogP contribution in [0.3, 0.4) is 0 Å². The van der Waals surface area contributed by atoms with Crippen molar-refractivity contribution in [3.05, 3.63) is 17.9 Å². The third-order valence-electron chi connectivity index (χ3n) is 7.09. The number of carbonyl (C=O) groups is 4. The number of alkyl carbamates (subject to hydrolysis) is 1. The Morgan fingerprint density at radius 2 is 1.85 bits per heavy atom. The topological polar surface area (TPSA) is 140 Å². The highest BCUT2D eigenvalue weighted by molar-refractivity contribution is 7.91. The normalized spacial score (nSPS) is 29.1. The standard InChI is InChI=1S/C28H44N4O6S/c1-26(2,3)38-25(36)29-20-15-12-10-8-7-9-11-14-19-18-28(19,24(35)31-39(37)27(4,5)6)30-22(33)21-16-13-17-32(21)23(20)34/h9,14,19-21H,7-8,10,12-13,15-18H2,1-6H3,(H,29,36)(H,30,33)(H,31,35)/t11?,19-,20+,21+,28-,39?/m1/s1. The van der Waals surface area contributed by atoms with E-state index in [0.29, 0.717) is 32.2 Å². The van der Waals surface area contributed by atoms with E-state index in [1.54, 1.807) is 47.6 Å². The first-order valence-corrected chi connectivity index (χ1v) is 15.0. The third kappa shape index (κ3) is 8.25. The average Bonchev–Trinajstić information content (AvgIpc) is 3.27. The Kier molecular flexibility index (Phi) is 9.83. The van der Waals surface area contributed by atoms with Crippen molar-refractivity contribution in [1.82, 2.24) is 20.3 Å². The number of hydrogen-bond donors (Lipinski definition) is 3. The lowest BCUT2D eigenvalue weighted by atomic mass is 10.0. The van der Waals surface area contributed by atoms with Crippen LogP contribution in [0.5, 0.6) is 0 Å². The fourth-order valence-electron chi connectivity index (χ4n) is 4.83. The largest absolute Gasteiger partial charge is 0.593 e. The summed E-state index contributed by atoms with van der Waals surface area (Å²) in [4.78, 5) is 54.6. The molecule has 0 bridgehead atoms. The Bertz CT molecular complexity index is 1010. The summed E-state index contributed by atoms with van der Waals surface area (Å²) in [5.41, 5.74) is 1.19. The van der Waals surface area contributed by atoms with Gasteiger partial charge in [-0.3, -0.25) is 14.4 Å². The average molecular weight is 565 g/mol. The summed E-state index contributed by atoms with van der Waals surface area (Å²) in [7, 11) is 0. The van der Waals surface area contributed by atoms with Crippen LogP contribution in [0.15, 0.2) is 17.9 Å². The predicted molar refractivity (Wildman–Crippen MR) is 149 cm³/mol. The van der Waals surface area contributed by atoms with Crippen LogP contribution in [-0.4, -0.2) is 67.8 Å². The first kappa shape index (κ1) is 31.0. The molecule has 11 heteroatoms. The van der Waals surface area contributed by atoms with E-state index in [0.717, 1.165) is 25.7 Å². The van der Waals surface area contributed by atoms with Crippen molar-refractivity contribution in [3.63, 3.8) is 0 Å². The van der Waals surface area contributed by atoms with Crippen molar-refractivity contribution in [3.8, 4) is 0 Å². The second-order valence-corrected chi connectivity index (χ2v) is 14.6. The number of ether oxygens (including phenoxy) is 1. The SMILES string of the molecule is CC(C)(C)OC(=O)N[C@H]1CCCCCC=C=C[C@@H]2C[C@@]2(C(=O)N[S+]([O-])C(C)(C)C)NC(=O)[C@@H]2CCCN2C1=O. The van der Waals surface area contributed by atoms with Gasteiger partial charge in [0, 0.05) is 12.5 Å². The van der Waals surface area contributed by atoms with Gasteiger partial charge in [0.1, 0.15) is 28.0 Å². The van der Waals surface area contributed by atoms with Gasteiger partial charge in [-0.15, -0.1) is 5.73 Å². The van der Waals surface area contributed by atoms with Gasteiger partial charge < -0.3 is 24.8 Å². The number of carbonyl (C=O) groups excluding carboxylic acids is 4. The Morgan fingerprint density at radius 1 is 1.13 bits per heavy atom. The first-order valence-electron chi connectivity index (χ1n) is 13.9. The molecule has 5 atom stereocenters. The Balaban J connectivity index is 1.85. The van der Waals surface area contributed by atoms with Gasteiger partial charge in [-0.05, 0) is 92.2 Å². The molecule has 218 valence electrons. The summed E-state index contributed by atoms with van der Waals surface area (Å²) in [5.74, 6) is -1.56. The van der Waals surface area contributed by atoms with Crippen LogP contribution in [0.1, 0.15) is 92.9 Å². The monoisotopic (exact) mass is 564 g/mol. The maximum atomic E-state index is 13.7. The van der Waals surface area contributed by atoms with Crippen LogP contribution in [0.4, 0.5) is 4.79 Å². The fraction of sp³-hybridized carbons (Fsp3) is 0.750. The van der Waals surface area contributed by atoms with Crippen LogP contribution in [0.2, 0.25) is 0 Å². The van der Waals surface area contributed by atoms with E-state index in [9.17, 15) is 23.7 Å². The van der Waals surface area contributed by atoms with E-state index in [1.165, 1.54) is 4.90 Å². The lowest BCUT2D eigenvalue weighted by Crippen LogP contribution is -2.59. The zero-order valence-electron chi connectivity index (χ0n) is 24.1. The molecule has 2 fully saturated rings. The quantitative estimate of drug-likeness (QED) is 0.356. The van der Waals surface area contributed by atoms with Gasteiger partial charge in [0.05, 0.1) is 11.4 Å². The van der Waals surface area contributed by atoms with Gasteiger partial charge in [0.2, 0.25) is 11.8 Å². The molecule has 10 nitrogen and oxygen atoms in total. The smallest absolute Gasteiger partial charge is 0.408 e. The van der Waals surface area contributed by atoms with E-state index in [1.807, 2.05) is 6.08 Å². The van der Waals surface area contributed by atoms with Crippen molar-refractivity contribution in [2.75, 3.05) is 6.54 Å². The Labute approximate surface area is 235 Å². The minimum atomic E-state index is -1.65. The lowest BCUT2D eigenvalue weighted by Gasteiger charge is -2.31. The number of nitrogens with one attached hydrogen (secondary N) is 3. The van der Waals surface area contributed by atoms with E-state index >= 15 is 0 Å². The molecule has 1 unspecified atom stereocenters. The van der Waals surface area contributed by atoms with Gasteiger partial charge in [0.25, 0.3) is 5.91 Å². The van der Waals surface area contributed by atoms with Crippen LogP contribution < -0.4 is 15.4 Å². The molecule has 1 saturated heterocycles. The molecule has 2 aliphatic heterocycles. The highest BCUT2D eigenvalue weighted by atomic mass is 32.2. The molecule has 3 aliphatic rings. The molecule has 0 radical (unpaired) electrons. The second kappa shape index (κ2) is 12.4. The Morgan fingerprint density at radius 3 is 2.51 bits per heavy atom. The molecule has 39 heavy (non-hydrogen) atoms. The fourth-order valence-corrected chi connectivity index (χ4v) is 5.49. The summed E-state index contributed by atoms with van der Waals surface area (Å²) in [5, 5.41) is 5.63. The van der Waals surface area contributed by atoms with E-state index in [4.69, 9.17) is 4.74 Å². The molecule has 2 heterocycles. The molecular formula is C28H44N4O6S. The summed E-state index contributed by atoms with van der Waals surface area (Å²) >= 11 is -1.65. The molecule has 0 aromatic carbocycles. The lowest BCUT2D eigenvalue weighted by molar-refractivity contribution is -0.141. The van der Waals surface area contributed by atoms with Gasteiger partial charge in [-0.2, -0.15) is 4.72 Å². The molecule has 0 spiro atoms. The second-order valence-electron chi connectivity index (χ2n) is 12.6. The van der Waals surface area contributed by atoms with Crippen molar-refractivity contribution >= 4 is 35.2 Å². The maximum absolute atomic E-state index is 13.7. The van der Waals surface area contributed by atoms with E-state index in [-0.39, 0.29) is 11.8 Å². The summed E-state index contributed by atoms with van der Waals surface area (Å²) in [6.45, 7) is 10.9. The highest BCUT2D eigenvalue weighted by Gasteiger charge is 2.62. The van der Waals surface area contributed by atoms with Crippen molar-refractivity contribution in [1.29, 1.82) is 0 Å². The summed E-state index contributed by atoms with van der Waals surface area (Å²) < 4.78 is 20.0. The zero-order valence-corrected chi connectivity index (χ0v) is 24.9. The zero-order chi connectivity index (χ0) is 29.0. The minimum Gasteiger partial charge on any atom is -0.593 e. The molecule has 1 saturated carbocycles. The Hall–Kier alpha value is -2.49. The number of amides is 4. The van der Waals surface area contributed by atoms with Gasteiger partial charge in [0.15, 0.2) is 0 Å². The summed E-state index contributed by atoms with van der Waals surface area (Å²) in [6, 6.07) is -1.59. The van der Waals surface area contributed by atoms with Gasteiger partial charge >= 0.3 is 6.09 Å². The van der Waals surface area contributed by atoms with Gasteiger partial charge in [-0.1, -0.05) is 12.8 Å². The van der Waals surface area contributed by atoms with E-state index in [2.05, 4.69) is 21.1 Å². The molecule has 0 aromatic rings. The number of hydrogen-bond acceptors (Lipinski definition) is 6. The van der Waals surface area contributed by atoms with Crippen LogP contribution in [0.25, 0.3) is 0 Å². The van der Waals surface area contributed by atoms with Crippen LogP contribution in [-0.2, 0) is 30.5 Å². The third-order valence-corrected chi connectivity index (χ3v) is 8.58. The predicted octanol–water partition coefficient (Wildman–Crippen LogP) is 3.00. The van der Waals surface area contributed by atoms with Crippen molar-refractivity contribution < 1.29 is 28.5 Å². The maximum Gasteiger partial charge on any atom is 0.408 e. The molecule has 4 amide bonds. The van der Waals surface area contributed by atoms with Gasteiger partial charge in [-0.25, -0.2) is 4.79 Å². The van der Waals surface area contributed by atoms with Crippen molar-refractivity contribution in [2.45, 2.75) is 121 Å². The highest BCUT2D eigenvalue weighted by Crippen LogP contribution is 2.45. The minimum absolute atomic E-state index is 0.297. The van der Waals surface area contributed by atoms with Crippen LogP contribution in [0, 0.1) is 5.92 Å². The summed E-state index contributed by atoms with van der Waals surface area (Å²) in [6.07, 6.45) is 8.13. The first-order chi connectivity index (χ1) is 18.1. The van der Waals surface area contributed by atoms with Crippen LogP contribution >= 0.6 is 0 Å². The number of rotatable bonds is 3. The molecule has 3 rings (SSSR count). The molecule has 0 aromatic heterocycles. The van der Waals surface area contributed by atoms with E-state index < -0.39 is 57.2 Å². The molecule has 3 N–H and O–H groups in total. The molecule has 1 aliphatic carbocycles. The number of fused-ring (bicyclic) bond motifs is 2. The molecular weight excluding hydrogens is 520 g/mol. The van der Waals surface area contributed by atoms with Crippen molar-refractivity contribution in [2.24, 2.45) is 5.92 Å².